The predicted molar refractivity (Wildman–Crippen MR) is 103 cm³/mol. The predicted octanol–water partition coefficient (Wildman–Crippen LogP) is 4.15. The highest BCUT2D eigenvalue weighted by Crippen LogP contribution is 2.52. The van der Waals surface area contributed by atoms with E-state index in [1.165, 1.54) is 14.2 Å². The maximum absolute atomic E-state index is 12.6. The molecule has 0 saturated carbocycles. The van der Waals surface area contributed by atoms with Crippen LogP contribution >= 0.6 is 0 Å². The zero-order valence-corrected chi connectivity index (χ0v) is 18.2. The molecule has 1 aliphatic carbocycles. The van der Waals surface area contributed by atoms with Gasteiger partial charge < -0.3 is 14.2 Å². The second kappa shape index (κ2) is 7.22. The number of methoxy groups -OCH3 is 2. The number of allylic oxidation sites excluding steroid dienone is 1. The first-order valence-corrected chi connectivity index (χ1v) is 12.1. The number of esters is 2. The van der Waals surface area contributed by atoms with Crippen LogP contribution in [0.2, 0.25) is 18.1 Å². The summed E-state index contributed by atoms with van der Waals surface area (Å²) in [5.74, 6) is -1.12. The van der Waals surface area contributed by atoms with Gasteiger partial charge in [0.2, 0.25) is 0 Å². The summed E-state index contributed by atoms with van der Waals surface area (Å²) in [4.78, 5) is 25.2. The smallest absolute Gasteiger partial charge is 0.327 e. The molecule has 0 aromatic rings. The fourth-order valence-electron chi connectivity index (χ4n) is 4.41. The number of ether oxygens (including phenoxy) is 3. The van der Waals surface area contributed by atoms with E-state index >= 15 is 0 Å². The third-order valence-corrected chi connectivity index (χ3v) is 11.6. The van der Waals surface area contributed by atoms with Crippen LogP contribution in [0.4, 0.5) is 0 Å². The molecule has 5 nitrogen and oxygen atoms in total. The quantitative estimate of drug-likeness (QED) is 0.393. The summed E-state index contributed by atoms with van der Waals surface area (Å²) in [5.41, 5.74) is 0.333. The van der Waals surface area contributed by atoms with Gasteiger partial charge in [-0.25, -0.2) is 0 Å². The Labute approximate surface area is 157 Å². The molecule has 0 fully saturated rings. The summed E-state index contributed by atoms with van der Waals surface area (Å²) in [6, 6.07) is 3.23. The Morgan fingerprint density at radius 1 is 1.04 bits per heavy atom. The summed E-state index contributed by atoms with van der Waals surface area (Å²) >= 11 is 0. The summed E-state index contributed by atoms with van der Waals surface area (Å²) < 4.78 is 16.5. The lowest BCUT2D eigenvalue weighted by Gasteiger charge is -2.42. The minimum absolute atomic E-state index is 0.280. The first-order chi connectivity index (χ1) is 12.1. The lowest BCUT2D eigenvalue weighted by atomic mass is 9.87. The second-order valence-corrected chi connectivity index (χ2v) is 13.1. The van der Waals surface area contributed by atoms with Crippen molar-refractivity contribution in [1.29, 1.82) is 0 Å². The van der Waals surface area contributed by atoms with Gasteiger partial charge in [0.15, 0.2) is 5.41 Å². The molecule has 2 rings (SSSR count). The lowest BCUT2D eigenvalue weighted by Crippen LogP contribution is -2.43. The molecule has 0 radical (unpaired) electrons. The average Bonchev–Trinajstić information content (AvgIpc) is 3.01. The number of carbonyl (C=O) groups excluding carboxylic acids is 2. The third-order valence-electron chi connectivity index (χ3n) is 6.14. The maximum Gasteiger partial charge on any atom is 0.327 e. The van der Waals surface area contributed by atoms with Crippen LogP contribution in [0.5, 0.6) is 0 Å². The van der Waals surface area contributed by atoms with Crippen LogP contribution in [0.1, 0.15) is 47.5 Å². The normalized spacial score (nSPS) is 20.8. The van der Waals surface area contributed by atoms with E-state index in [9.17, 15) is 9.59 Å². The number of rotatable bonds is 6. The Bertz CT molecular complexity index is 631. The van der Waals surface area contributed by atoms with E-state index in [-0.39, 0.29) is 12.0 Å². The molecular weight excluding hydrogens is 348 g/mol. The van der Waals surface area contributed by atoms with Crippen molar-refractivity contribution in [3.8, 4) is 0 Å². The number of carbonyl (C=O) groups is 2. The summed E-state index contributed by atoms with van der Waals surface area (Å²) in [6.45, 7) is 10.8. The molecule has 0 amide bonds. The topological polar surface area (TPSA) is 61.8 Å². The van der Waals surface area contributed by atoms with E-state index in [2.05, 4.69) is 34.6 Å². The van der Waals surface area contributed by atoms with E-state index in [1.54, 1.807) is 6.08 Å². The van der Waals surface area contributed by atoms with Crippen molar-refractivity contribution in [3.05, 3.63) is 22.6 Å². The van der Waals surface area contributed by atoms with Crippen LogP contribution in [0.25, 0.3) is 0 Å². The molecule has 26 heavy (non-hydrogen) atoms. The van der Waals surface area contributed by atoms with Gasteiger partial charge in [-0.1, -0.05) is 45.0 Å². The van der Waals surface area contributed by atoms with Crippen molar-refractivity contribution < 1.29 is 23.8 Å². The van der Waals surface area contributed by atoms with E-state index in [4.69, 9.17) is 14.2 Å². The fourth-order valence-corrected chi connectivity index (χ4v) is 8.26. The number of hydrogen-bond donors (Lipinski definition) is 0. The van der Waals surface area contributed by atoms with Crippen molar-refractivity contribution in [3.63, 3.8) is 0 Å². The number of fused-ring (bicyclic) bond motifs is 1. The van der Waals surface area contributed by atoms with Crippen molar-refractivity contribution in [2.45, 2.75) is 71.2 Å². The molecule has 0 aromatic carbocycles. The molecule has 146 valence electrons. The molecule has 1 aliphatic heterocycles. The Kier molecular flexibility index (Phi) is 5.76. The van der Waals surface area contributed by atoms with Gasteiger partial charge in [-0.2, -0.15) is 0 Å². The molecule has 0 saturated heterocycles. The van der Waals surface area contributed by atoms with Gasteiger partial charge in [-0.3, -0.25) is 9.59 Å². The van der Waals surface area contributed by atoms with Crippen LogP contribution < -0.4 is 0 Å². The molecule has 1 heterocycles. The zero-order valence-electron chi connectivity index (χ0n) is 17.2. The zero-order chi connectivity index (χ0) is 19.8. The highest BCUT2D eigenvalue weighted by molar-refractivity contribution is 6.86. The van der Waals surface area contributed by atoms with Gasteiger partial charge in [0.05, 0.1) is 19.6 Å². The summed E-state index contributed by atoms with van der Waals surface area (Å²) in [7, 11) is 0.792. The standard InChI is InChI=1S/C20H32O5Si/c1-8-26(9-2,10-3)16-15-13-20(17(21)23-6,18(22)24-7)12-14(15)11-19(4,5)25-16/h12H,8-11,13H2,1-7H3. The van der Waals surface area contributed by atoms with Crippen molar-refractivity contribution in [1.82, 2.24) is 0 Å². The van der Waals surface area contributed by atoms with Crippen LogP contribution in [0, 0.1) is 5.41 Å². The second-order valence-electron chi connectivity index (χ2n) is 7.99. The van der Waals surface area contributed by atoms with Gasteiger partial charge in [-0.05, 0) is 25.0 Å². The molecule has 0 bridgehead atoms. The molecule has 0 unspecified atom stereocenters. The van der Waals surface area contributed by atoms with Gasteiger partial charge in [0.1, 0.15) is 13.7 Å². The molecule has 0 aromatic heterocycles. The molecule has 2 aliphatic rings. The van der Waals surface area contributed by atoms with Gasteiger partial charge in [0, 0.05) is 12.8 Å². The summed E-state index contributed by atoms with van der Waals surface area (Å²) in [6.07, 6.45) is 2.73. The van der Waals surface area contributed by atoms with Gasteiger partial charge >= 0.3 is 11.9 Å². The van der Waals surface area contributed by atoms with Crippen LogP contribution in [-0.4, -0.2) is 39.8 Å². The third kappa shape index (κ3) is 3.13. The van der Waals surface area contributed by atoms with Gasteiger partial charge in [0.25, 0.3) is 0 Å². The van der Waals surface area contributed by atoms with Crippen LogP contribution in [-0.2, 0) is 23.8 Å². The monoisotopic (exact) mass is 380 g/mol. The molecule has 0 N–H and O–H groups in total. The van der Waals surface area contributed by atoms with Crippen LogP contribution in [0.3, 0.4) is 0 Å². The van der Waals surface area contributed by atoms with Crippen LogP contribution in [0.15, 0.2) is 22.6 Å². The Morgan fingerprint density at radius 3 is 1.96 bits per heavy atom. The van der Waals surface area contributed by atoms with Crippen molar-refractivity contribution in [2.24, 2.45) is 5.41 Å². The van der Waals surface area contributed by atoms with E-state index in [1.807, 2.05) is 0 Å². The lowest BCUT2D eigenvalue weighted by molar-refractivity contribution is -0.164. The van der Waals surface area contributed by atoms with Crippen molar-refractivity contribution in [2.75, 3.05) is 14.2 Å². The fraction of sp³-hybridized carbons (Fsp3) is 0.700. The Balaban J connectivity index is 2.70. The van der Waals surface area contributed by atoms with Crippen molar-refractivity contribution >= 4 is 20.0 Å². The minimum atomic E-state index is -1.83. The van der Waals surface area contributed by atoms with E-state index in [0.29, 0.717) is 6.42 Å². The average molecular weight is 381 g/mol. The Hall–Kier alpha value is -1.56. The SMILES string of the molecule is CC[Si](CC)(CC)C1=C2CC(C(=O)OC)(C(=O)OC)C=C2CC(C)(C)O1. The molecule has 0 atom stereocenters. The first kappa shape index (κ1) is 20.7. The molecular formula is C20H32O5Si. The number of hydrogen-bond acceptors (Lipinski definition) is 5. The largest absolute Gasteiger partial charge is 0.497 e. The van der Waals surface area contributed by atoms with Gasteiger partial charge in [-0.15, -0.1) is 0 Å². The highest BCUT2D eigenvalue weighted by Gasteiger charge is 2.55. The highest BCUT2D eigenvalue weighted by atomic mass is 28.3. The van der Waals surface area contributed by atoms with E-state index < -0.39 is 25.4 Å². The molecule has 6 heteroatoms. The minimum Gasteiger partial charge on any atom is -0.497 e. The first-order valence-electron chi connectivity index (χ1n) is 9.46. The molecule has 0 spiro atoms. The Morgan fingerprint density at radius 2 is 1.54 bits per heavy atom. The summed E-state index contributed by atoms with van der Waals surface area (Å²) in [5, 5.41) is 1.07. The maximum atomic E-state index is 12.6. The van der Waals surface area contributed by atoms with E-state index in [0.717, 1.165) is 34.7 Å².